The molecule has 0 unspecified atom stereocenters. The Labute approximate surface area is 82.9 Å². The molecule has 0 bridgehead atoms. The predicted octanol–water partition coefficient (Wildman–Crippen LogP) is 2.85. The summed E-state index contributed by atoms with van der Waals surface area (Å²) in [6, 6.07) is 10.1. The number of fused-ring (bicyclic) bond motifs is 1. The highest BCUT2D eigenvalue weighted by atomic mass is 16.5. The van der Waals surface area contributed by atoms with Gasteiger partial charge >= 0.3 is 0 Å². The van der Waals surface area contributed by atoms with Gasteiger partial charge in [0.1, 0.15) is 0 Å². The second kappa shape index (κ2) is 3.92. The SMILES string of the molecule is CO/C=C\c1cnc2ccccc2c1. The monoisotopic (exact) mass is 185 g/mol. The van der Waals surface area contributed by atoms with E-state index in [0.717, 1.165) is 16.5 Å². The van der Waals surface area contributed by atoms with Crippen molar-refractivity contribution in [1.82, 2.24) is 4.98 Å². The number of ether oxygens (including phenoxy) is 1. The normalized spacial score (nSPS) is 10.9. The Morgan fingerprint density at radius 2 is 2.14 bits per heavy atom. The summed E-state index contributed by atoms with van der Waals surface area (Å²) in [5, 5.41) is 1.14. The summed E-state index contributed by atoms with van der Waals surface area (Å²) in [5.74, 6) is 0. The number of hydrogen-bond acceptors (Lipinski definition) is 2. The van der Waals surface area contributed by atoms with E-state index in [2.05, 4.69) is 11.1 Å². The van der Waals surface area contributed by atoms with Gasteiger partial charge in [0, 0.05) is 11.6 Å². The van der Waals surface area contributed by atoms with E-state index in [9.17, 15) is 0 Å². The molecule has 0 aliphatic heterocycles. The number of nitrogens with zero attached hydrogens (tertiary/aromatic N) is 1. The molecule has 2 heteroatoms. The van der Waals surface area contributed by atoms with Crippen molar-refractivity contribution in [3.63, 3.8) is 0 Å². The Hall–Kier alpha value is -1.83. The van der Waals surface area contributed by atoms with Crippen LogP contribution in [0.25, 0.3) is 17.0 Å². The van der Waals surface area contributed by atoms with Crippen LogP contribution >= 0.6 is 0 Å². The fourth-order valence-electron chi connectivity index (χ4n) is 1.33. The van der Waals surface area contributed by atoms with Crippen molar-refractivity contribution in [2.24, 2.45) is 0 Å². The van der Waals surface area contributed by atoms with E-state index in [1.807, 2.05) is 36.5 Å². The number of para-hydroxylation sites is 1. The molecule has 1 aromatic heterocycles. The van der Waals surface area contributed by atoms with Crippen LogP contribution < -0.4 is 0 Å². The van der Waals surface area contributed by atoms with Crippen LogP contribution in [0, 0.1) is 0 Å². The van der Waals surface area contributed by atoms with Crippen molar-refractivity contribution in [3.8, 4) is 0 Å². The summed E-state index contributed by atoms with van der Waals surface area (Å²) in [6.45, 7) is 0. The lowest BCUT2D eigenvalue weighted by atomic mass is 10.1. The third-order valence-electron chi connectivity index (χ3n) is 2.01. The molecule has 0 radical (unpaired) electrons. The maximum absolute atomic E-state index is 4.85. The molecule has 14 heavy (non-hydrogen) atoms. The van der Waals surface area contributed by atoms with E-state index in [1.165, 1.54) is 0 Å². The third kappa shape index (κ3) is 1.74. The van der Waals surface area contributed by atoms with Gasteiger partial charge in [0.15, 0.2) is 0 Å². The molecule has 70 valence electrons. The summed E-state index contributed by atoms with van der Waals surface area (Å²) >= 11 is 0. The van der Waals surface area contributed by atoms with Crippen molar-refractivity contribution in [1.29, 1.82) is 0 Å². The van der Waals surface area contributed by atoms with Crippen LogP contribution in [0.4, 0.5) is 0 Å². The molecular formula is C12H11NO. The molecule has 0 N–H and O–H groups in total. The number of hydrogen-bond donors (Lipinski definition) is 0. The first-order valence-corrected chi connectivity index (χ1v) is 4.44. The maximum atomic E-state index is 4.85. The quantitative estimate of drug-likeness (QED) is 0.671. The zero-order chi connectivity index (χ0) is 9.80. The van der Waals surface area contributed by atoms with Crippen LogP contribution in [0.2, 0.25) is 0 Å². The zero-order valence-electron chi connectivity index (χ0n) is 7.97. The van der Waals surface area contributed by atoms with Gasteiger partial charge in [-0.15, -0.1) is 0 Å². The lowest BCUT2D eigenvalue weighted by Gasteiger charge is -1.97. The van der Waals surface area contributed by atoms with Gasteiger partial charge in [0.2, 0.25) is 0 Å². The van der Waals surface area contributed by atoms with Gasteiger partial charge in [-0.05, 0) is 23.8 Å². The molecule has 0 saturated heterocycles. The van der Waals surface area contributed by atoms with Crippen molar-refractivity contribution >= 4 is 17.0 Å². The maximum Gasteiger partial charge on any atom is 0.0831 e. The van der Waals surface area contributed by atoms with Gasteiger partial charge in [-0.1, -0.05) is 18.2 Å². The van der Waals surface area contributed by atoms with Crippen LogP contribution in [0.3, 0.4) is 0 Å². The standard InChI is InChI=1S/C12H11NO/c1-14-7-6-10-8-11-4-2-3-5-12(11)13-9-10/h2-9H,1H3/b7-6-. The van der Waals surface area contributed by atoms with Crippen LogP contribution in [0.1, 0.15) is 5.56 Å². The number of methoxy groups -OCH3 is 1. The molecule has 0 atom stereocenters. The minimum absolute atomic E-state index is 1.02. The molecule has 0 amide bonds. The molecule has 2 nitrogen and oxygen atoms in total. The smallest absolute Gasteiger partial charge is 0.0831 e. The molecule has 2 aromatic rings. The Balaban J connectivity index is 2.46. The zero-order valence-corrected chi connectivity index (χ0v) is 7.97. The Morgan fingerprint density at radius 3 is 3.00 bits per heavy atom. The van der Waals surface area contributed by atoms with Crippen LogP contribution in [-0.4, -0.2) is 12.1 Å². The lowest BCUT2D eigenvalue weighted by Crippen LogP contribution is -1.80. The van der Waals surface area contributed by atoms with Gasteiger partial charge in [-0.2, -0.15) is 0 Å². The van der Waals surface area contributed by atoms with E-state index in [1.54, 1.807) is 13.4 Å². The second-order valence-electron chi connectivity index (χ2n) is 3.00. The number of benzene rings is 1. The Kier molecular flexibility index (Phi) is 2.45. The first-order chi connectivity index (χ1) is 6.90. The predicted molar refractivity (Wildman–Crippen MR) is 57.8 cm³/mol. The molecule has 0 saturated carbocycles. The lowest BCUT2D eigenvalue weighted by molar-refractivity contribution is 0.341. The van der Waals surface area contributed by atoms with E-state index >= 15 is 0 Å². The topological polar surface area (TPSA) is 22.1 Å². The van der Waals surface area contributed by atoms with Crippen molar-refractivity contribution in [3.05, 3.63) is 48.4 Å². The summed E-state index contributed by atoms with van der Waals surface area (Å²) in [7, 11) is 1.63. The highest BCUT2D eigenvalue weighted by Crippen LogP contribution is 2.13. The van der Waals surface area contributed by atoms with Crippen LogP contribution in [-0.2, 0) is 4.74 Å². The van der Waals surface area contributed by atoms with E-state index in [-0.39, 0.29) is 0 Å². The third-order valence-corrected chi connectivity index (χ3v) is 2.01. The first kappa shape index (κ1) is 8.75. The molecule has 1 aromatic carbocycles. The average Bonchev–Trinajstić information content (AvgIpc) is 2.26. The Bertz CT molecular complexity index is 463. The van der Waals surface area contributed by atoms with Gasteiger partial charge in [-0.3, -0.25) is 4.98 Å². The van der Waals surface area contributed by atoms with Crippen molar-refractivity contribution < 1.29 is 4.74 Å². The minimum Gasteiger partial charge on any atom is -0.504 e. The molecular weight excluding hydrogens is 174 g/mol. The molecule has 0 aliphatic rings. The second-order valence-corrected chi connectivity index (χ2v) is 3.00. The van der Waals surface area contributed by atoms with Crippen LogP contribution in [0.5, 0.6) is 0 Å². The fourth-order valence-corrected chi connectivity index (χ4v) is 1.33. The molecule has 1 heterocycles. The largest absolute Gasteiger partial charge is 0.504 e. The summed E-state index contributed by atoms with van der Waals surface area (Å²) in [6.07, 6.45) is 5.36. The summed E-state index contributed by atoms with van der Waals surface area (Å²) < 4.78 is 4.85. The minimum atomic E-state index is 1.02. The van der Waals surface area contributed by atoms with Gasteiger partial charge < -0.3 is 4.74 Å². The van der Waals surface area contributed by atoms with Crippen LogP contribution in [0.15, 0.2) is 42.8 Å². The Morgan fingerprint density at radius 1 is 1.29 bits per heavy atom. The number of rotatable bonds is 2. The summed E-state index contributed by atoms with van der Waals surface area (Å²) in [4.78, 5) is 4.33. The van der Waals surface area contributed by atoms with E-state index < -0.39 is 0 Å². The van der Waals surface area contributed by atoms with Crippen molar-refractivity contribution in [2.45, 2.75) is 0 Å². The average molecular weight is 185 g/mol. The van der Waals surface area contributed by atoms with Gasteiger partial charge in [0.25, 0.3) is 0 Å². The van der Waals surface area contributed by atoms with Crippen molar-refractivity contribution in [2.75, 3.05) is 7.11 Å². The molecule has 0 aliphatic carbocycles. The molecule has 0 fully saturated rings. The first-order valence-electron chi connectivity index (χ1n) is 4.44. The molecule has 2 rings (SSSR count). The van der Waals surface area contributed by atoms with Gasteiger partial charge in [-0.25, -0.2) is 0 Å². The van der Waals surface area contributed by atoms with E-state index in [4.69, 9.17) is 4.74 Å². The number of aromatic nitrogens is 1. The van der Waals surface area contributed by atoms with E-state index in [0.29, 0.717) is 0 Å². The molecule has 0 spiro atoms. The number of pyridine rings is 1. The highest BCUT2D eigenvalue weighted by Gasteiger charge is 1.93. The van der Waals surface area contributed by atoms with Gasteiger partial charge in [0.05, 0.1) is 18.9 Å². The highest BCUT2D eigenvalue weighted by molar-refractivity contribution is 5.80. The summed E-state index contributed by atoms with van der Waals surface area (Å²) in [5.41, 5.74) is 2.06. The fraction of sp³-hybridized carbons (Fsp3) is 0.0833.